The summed E-state index contributed by atoms with van der Waals surface area (Å²) >= 11 is 0. The van der Waals surface area contributed by atoms with Crippen molar-refractivity contribution < 1.29 is 4.21 Å². The molecule has 0 aromatic rings. The van der Waals surface area contributed by atoms with Crippen molar-refractivity contribution in [3.8, 4) is 0 Å². The van der Waals surface area contributed by atoms with Crippen LogP contribution in [0, 0.1) is 0 Å². The summed E-state index contributed by atoms with van der Waals surface area (Å²) in [4.78, 5) is 0. The van der Waals surface area contributed by atoms with Crippen molar-refractivity contribution >= 4 is 10.8 Å². The molecule has 1 unspecified atom stereocenters. The summed E-state index contributed by atoms with van der Waals surface area (Å²) in [6, 6.07) is 0. The van der Waals surface area contributed by atoms with Gasteiger partial charge >= 0.3 is 0 Å². The fraction of sp³-hybridized carbons (Fsp3) is 0.800. The Kier molecular flexibility index (Phi) is 3.99. The van der Waals surface area contributed by atoms with Crippen LogP contribution in [0.3, 0.4) is 0 Å². The SMILES string of the molecule is C=C1CCC(S(=O)CCC)CC1. The van der Waals surface area contributed by atoms with E-state index >= 15 is 0 Å². The molecule has 0 spiro atoms. The molecular formula is C10H18OS. The van der Waals surface area contributed by atoms with Crippen LogP contribution in [0.1, 0.15) is 39.0 Å². The highest BCUT2D eigenvalue weighted by atomic mass is 32.2. The van der Waals surface area contributed by atoms with E-state index in [2.05, 4.69) is 13.5 Å². The third-order valence-electron chi connectivity index (χ3n) is 2.42. The van der Waals surface area contributed by atoms with E-state index in [0.29, 0.717) is 5.25 Å². The quantitative estimate of drug-likeness (QED) is 0.619. The average Bonchev–Trinajstić information content (AvgIpc) is 2.06. The Labute approximate surface area is 77.7 Å². The average molecular weight is 186 g/mol. The number of hydrogen-bond acceptors (Lipinski definition) is 1. The Hall–Kier alpha value is -0.110. The molecule has 0 aliphatic heterocycles. The largest absolute Gasteiger partial charge is 0.259 e. The zero-order chi connectivity index (χ0) is 8.97. The summed E-state index contributed by atoms with van der Waals surface area (Å²) in [6.07, 6.45) is 5.45. The highest BCUT2D eigenvalue weighted by molar-refractivity contribution is 7.85. The van der Waals surface area contributed by atoms with Gasteiger partial charge in [0.2, 0.25) is 0 Å². The van der Waals surface area contributed by atoms with E-state index in [9.17, 15) is 4.21 Å². The first-order valence-electron chi connectivity index (χ1n) is 4.78. The fourth-order valence-corrected chi connectivity index (χ4v) is 3.13. The van der Waals surface area contributed by atoms with Gasteiger partial charge in [-0.05, 0) is 32.1 Å². The van der Waals surface area contributed by atoms with Gasteiger partial charge in [-0.3, -0.25) is 4.21 Å². The molecule has 2 heteroatoms. The first-order valence-corrected chi connectivity index (χ1v) is 6.16. The van der Waals surface area contributed by atoms with Gasteiger partial charge in [-0.1, -0.05) is 19.1 Å². The molecule has 12 heavy (non-hydrogen) atoms. The molecule has 0 heterocycles. The molecule has 0 saturated heterocycles. The zero-order valence-corrected chi connectivity index (χ0v) is 8.66. The maximum Gasteiger partial charge on any atom is 0.0354 e. The van der Waals surface area contributed by atoms with E-state index in [1.807, 2.05) is 0 Å². The maximum atomic E-state index is 11.6. The van der Waals surface area contributed by atoms with Crippen molar-refractivity contribution in [3.05, 3.63) is 12.2 Å². The molecular weight excluding hydrogens is 168 g/mol. The van der Waals surface area contributed by atoms with Crippen LogP contribution in [0.2, 0.25) is 0 Å². The smallest absolute Gasteiger partial charge is 0.0354 e. The van der Waals surface area contributed by atoms with E-state index in [1.54, 1.807) is 0 Å². The van der Waals surface area contributed by atoms with Crippen LogP contribution in [0.5, 0.6) is 0 Å². The Balaban J connectivity index is 2.33. The van der Waals surface area contributed by atoms with Gasteiger partial charge in [-0.15, -0.1) is 0 Å². The molecule has 0 aromatic heterocycles. The van der Waals surface area contributed by atoms with Gasteiger partial charge in [0.25, 0.3) is 0 Å². The van der Waals surface area contributed by atoms with Gasteiger partial charge in [0.1, 0.15) is 0 Å². The van der Waals surface area contributed by atoms with Crippen molar-refractivity contribution in [1.82, 2.24) is 0 Å². The Morgan fingerprint density at radius 1 is 1.50 bits per heavy atom. The summed E-state index contributed by atoms with van der Waals surface area (Å²) in [7, 11) is -0.563. The Morgan fingerprint density at radius 3 is 2.58 bits per heavy atom. The van der Waals surface area contributed by atoms with Crippen LogP contribution < -0.4 is 0 Å². The van der Waals surface area contributed by atoms with Gasteiger partial charge in [-0.25, -0.2) is 0 Å². The lowest BCUT2D eigenvalue weighted by atomic mass is 9.96. The normalized spacial score (nSPS) is 22.6. The first kappa shape index (κ1) is 9.97. The van der Waals surface area contributed by atoms with Gasteiger partial charge < -0.3 is 0 Å². The molecule has 1 saturated carbocycles. The summed E-state index contributed by atoms with van der Waals surface area (Å²) in [6.45, 7) is 6.05. The second-order valence-electron chi connectivity index (χ2n) is 3.53. The van der Waals surface area contributed by atoms with E-state index < -0.39 is 10.8 Å². The summed E-state index contributed by atoms with van der Waals surface area (Å²) in [5.74, 6) is 0.886. The predicted octanol–water partition coefficient (Wildman–Crippen LogP) is 2.64. The lowest BCUT2D eigenvalue weighted by molar-refractivity contribution is 0.587. The summed E-state index contributed by atoms with van der Waals surface area (Å²) in [5, 5.41) is 0.468. The molecule has 0 N–H and O–H groups in total. The van der Waals surface area contributed by atoms with Crippen molar-refractivity contribution in [2.24, 2.45) is 0 Å². The first-order chi connectivity index (χ1) is 5.74. The summed E-state index contributed by atoms with van der Waals surface area (Å²) in [5.41, 5.74) is 1.35. The molecule has 1 rings (SSSR count). The minimum atomic E-state index is -0.563. The lowest BCUT2D eigenvalue weighted by Gasteiger charge is -2.22. The van der Waals surface area contributed by atoms with Crippen LogP contribution >= 0.6 is 0 Å². The number of hydrogen-bond donors (Lipinski definition) is 0. The molecule has 1 fully saturated rings. The van der Waals surface area contributed by atoms with Gasteiger partial charge in [0.05, 0.1) is 0 Å². The van der Waals surface area contributed by atoms with E-state index in [1.165, 1.54) is 5.57 Å². The van der Waals surface area contributed by atoms with Crippen molar-refractivity contribution in [2.45, 2.75) is 44.3 Å². The summed E-state index contributed by atoms with van der Waals surface area (Å²) < 4.78 is 11.6. The van der Waals surface area contributed by atoms with Crippen LogP contribution in [0.4, 0.5) is 0 Å². The van der Waals surface area contributed by atoms with Crippen molar-refractivity contribution in [3.63, 3.8) is 0 Å². The molecule has 1 aliphatic carbocycles. The number of rotatable bonds is 3. The highest BCUT2D eigenvalue weighted by Gasteiger charge is 2.20. The van der Waals surface area contributed by atoms with Gasteiger partial charge in [-0.2, -0.15) is 0 Å². The van der Waals surface area contributed by atoms with Crippen LogP contribution in [-0.2, 0) is 10.8 Å². The fourth-order valence-electron chi connectivity index (χ4n) is 1.63. The maximum absolute atomic E-state index is 11.6. The van der Waals surface area contributed by atoms with E-state index in [4.69, 9.17) is 0 Å². The van der Waals surface area contributed by atoms with Gasteiger partial charge in [0.15, 0.2) is 0 Å². The van der Waals surface area contributed by atoms with Crippen molar-refractivity contribution in [2.75, 3.05) is 5.75 Å². The van der Waals surface area contributed by atoms with Gasteiger partial charge in [0, 0.05) is 21.8 Å². The molecule has 0 aromatic carbocycles. The lowest BCUT2D eigenvalue weighted by Crippen LogP contribution is -2.21. The molecule has 70 valence electrons. The third kappa shape index (κ3) is 2.74. The van der Waals surface area contributed by atoms with Crippen molar-refractivity contribution in [1.29, 1.82) is 0 Å². The van der Waals surface area contributed by atoms with E-state index in [0.717, 1.165) is 37.9 Å². The second-order valence-corrected chi connectivity index (χ2v) is 5.37. The van der Waals surface area contributed by atoms with Crippen LogP contribution in [-0.4, -0.2) is 15.2 Å². The molecule has 0 amide bonds. The van der Waals surface area contributed by atoms with E-state index in [-0.39, 0.29) is 0 Å². The Morgan fingerprint density at radius 2 is 2.08 bits per heavy atom. The minimum absolute atomic E-state index is 0.468. The molecule has 0 radical (unpaired) electrons. The minimum Gasteiger partial charge on any atom is -0.259 e. The second kappa shape index (κ2) is 4.80. The monoisotopic (exact) mass is 186 g/mol. The molecule has 1 nitrogen and oxygen atoms in total. The standard InChI is InChI=1S/C10H18OS/c1-3-8-12(11)10-6-4-9(2)5-7-10/h10H,2-8H2,1H3. The Bertz CT molecular complexity index is 176. The topological polar surface area (TPSA) is 17.1 Å². The highest BCUT2D eigenvalue weighted by Crippen LogP contribution is 2.25. The molecule has 0 bridgehead atoms. The zero-order valence-electron chi connectivity index (χ0n) is 7.84. The molecule has 1 aliphatic rings. The third-order valence-corrected chi connectivity index (χ3v) is 4.44. The predicted molar refractivity (Wildman–Crippen MR) is 54.7 cm³/mol. The van der Waals surface area contributed by atoms with Crippen LogP contribution in [0.15, 0.2) is 12.2 Å². The van der Waals surface area contributed by atoms with Crippen LogP contribution in [0.25, 0.3) is 0 Å². The molecule has 1 atom stereocenters. The number of allylic oxidation sites excluding steroid dienone is 1.